The predicted octanol–water partition coefficient (Wildman–Crippen LogP) is 2.02. The largest absolute Gasteiger partial charge is 0.370 e. The van der Waals surface area contributed by atoms with Crippen LogP contribution in [-0.2, 0) is 6.54 Å². The van der Waals surface area contributed by atoms with Crippen molar-refractivity contribution in [3.63, 3.8) is 0 Å². The third-order valence-corrected chi connectivity index (χ3v) is 4.02. The summed E-state index contributed by atoms with van der Waals surface area (Å²) in [6, 6.07) is 8.12. The molecule has 0 bridgehead atoms. The maximum absolute atomic E-state index is 6.14. The highest BCUT2D eigenvalue weighted by atomic mass is 15.3. The van der Waals surface area contributed by atoms with Crippen molar-refractivity contribution in [2.24, 2.45) is 16.6 Å². The second kappa shape index (κ2) is 6.60. The molecule has 6 heteroatoms. The van der Waals surface area contributed by atoms with E-state index in [1.807, 2.05) is 12.1 Å². The van der Waals surface area contributed by atoms with Gasteiger partial charge in [-0.15, -0.1) is 0 Å². The lowest BCUT2D eigenvalue weighted by atomic mass is 10.0. The summed E-state index contributed by atoms with van der Waals surface area (Å²) in [4.78, 5) is 10.9. The number of nitrogens with one attached hydrogen (secondary N) is 1. The van der Waals surface area contributed by atoms with E-state index in [2.05, 4.69) is 44.1 Å². The van der Waals surface area contributed by atoms with Gasteiger partial charge in [0, 0.05) is 18.7 Å². The van der Waals surface area contributed by atoms with Gasteiger partial charge in [0.1, 0.15) is 6.33 Å². The topological polar surface area (TPSA) is 83.2 Å². The van der Waals surface area contributed by atoms with E-state index >= 15 is 0 Å². The maximum atomic E-state index is 6.14. The van der Waals surface area contributed by atoms with Crippen LogP contribution in [0.25, 0.3) is 11.4 Å². The SMILES string of the molecule is CC1CCCN(C(N)=NCc2cccc(-c3ncn[nH]3)c2)C1. The van der Waals surface area contributed by atoms with Crippen LogP contribution in [-0.4, -0.2) is 39.1 Å². The highest BCUT2D eigenvalue weighted by Gasteiger charge is 2.17. The Morgan fingerprint density at radius 1 is 1.50 bits per heavy atom. The third-order valence-electron chi connectivity index (χ3n) is 4.02. The molecule has 1 atom stereocenters. The van der Waals surface area contributed by atoms with Crippen molar-refractivity contribution in [2.75, 3.05) is 13.1 Å². The smallest absolute Gasteiger partial charge is 0.191 e. The summed E-state index contributed by atoms with van der Waals surface area (Å²) in [5.74, 6) is 2.11. The highest BCUT2D eigenvalue weighted by Crippen LogP contribution is 2.17. The summed E-state index contributed by atoms with van der Waals surface area (Å²) in [7, 11) is 0. The molecule has 3 rings (SSSR count). The van der Waals surface area contributed by atoms with E-state index in [4.69, 9.17) is 5.73 Å². The minimum absolute atomic E-state index is 0.582. The van der Waals surface area contributed by atoms with Crippen LogP contribution in [0.15, 0.2) is 35.6 Å². The van der Waals surface area contributed by atoms with E-state index in [-0.39, 0.29) is 0 Å². The van der Waals surface area contributed by atoms with Crippen LogP contribution in [0.1, 0.15) is 25.3 Å². The standard InChI is InChI=1S/C16H22N6/c1-12-4-3-7-22(10-12)16(17)18-9-13-5-2-6-14(8-13)15-19-11-20-21-15/h2,5-6,8,11-12H,3-4,7,9-10H2,1H3,(H2,17,18)(H,19,20,21). The molecular weight excluding hydrogens is 276 g/mol. The monoisotopic (exact) mass is 298 g/mol. The lowest BCUT2D eigenvalue weighted by Gasteiger charge is -2.31. The molecule has 1 aliphatic rings. The van der Waals surface area contributed by atoms with E-state index in [1.54, 1.807) is 0 Å². The van der Waals surface area contributed by atoms with Gasteiger partial charge in [-0.3, -0.25) is 5.10 Å². The average Bonchev–Trinajstić information content (AvgIpc) is 3.07. The van der Waals surface area contributed by atoms with Crippen molar-refractivity contribution < 1.29 is 0 Å². The lowest BCUT2D eigenvalue weighted by Crippen LogP contribution is -2.43. The molecule has 1 unspecified atom stereocenters. The molecular formula is C16H22N6. The second-order valence-electron chi connectivity index (χ2n) is 5.90. The molecule has 0 saturated carbocycles. The molecule has 0 spiro atoms. The number of aromatic nitrogens is 3. The van der Waals surface area contributed by atoms with Crippen molar-refractivity contribution in [3.8, 4) is 11.4 Å². The molecule has 3 N–H and O–H groups in total. The number of nitrogens with zero attached hydrogens (tertiary/aromatic N) is 4. The zero-order valence-corrected chi connectivity index (χ0v) is 12.9. The normalized spacial score (nSPS) is 19.4. The van der Waals surface area contributed by atoms with Crippen LogP contribution in [0.5, 0.6) is 0 Å². The number of aliphatic imine (C=N–C) groups is 1. The third kappa shape index (κ3) is 3.44. The van der Waals surface area contributed by atoms with Gasteiger partial charge in [-0.25, -0.2) is 9.98 Å². The molecule has 2 heterocycles. The zero-order chi connectivity index (χ0) is 15.4. The number of piperidine rings is 1. The minimum Gasteiger partial charge on any atom is -0.370 e. The fourth-order valence-electron chi connectivity index (χ4n) is 2.83. The summed E-state index contributed by atoms with van der Waals surface area (Å²) in [5, 5.41) is 6.75. The summed E-state index contributed by atoms with van der Waals surface area (Å²) in [6.45, 7) is 4.87. The van der Waals surface area contributed by atoms with Crippen LogP contribution >= 0.6 is 0 Å². The predicted molar refractivity (Wildman–Crippen MR) is 87.1 cm³/mol. The van der Waals surface area contributed by atoms with E-state index in [1.165, 1.54) is 19.2 Å². The summed E-state index contributed by atoms with van der Waals surface area (Å²) >= 11 is 0. The number of aromatic amines is 1. The number of benzene rings is 1. The molecule has 1 saturated heterocycles. The number of hydrogen-bond donors (Lipinski definition) is 2. The molecule has 0 aliphatic carbocycles. The van der Waals surface area contributed by atoms with Gasteiger partial charge in [-0.2, -0.15) is 5.10 Å². The quantitative estimate of drug-likeness (QED) is 0.671. The Hall–Kier alpha value is -2.37. The van der Waals surface area contributed by atoms with Gasteiger partial charge >= 0.3 is 0 Å². The Morgan fingerprint density at radius 3 is 3.18 bits per heavy atom. The van der Waals surface area contributed by atoms with Crippen molar-refractivity contribution in [1.82, 2.24) is 20.1 Å². The summed E-state index contributed by atoms with van der Waals surface area (Å²) in [6.07, 6.45) is 3.98. The minimum atomic E-state index is 0.582. The Kier molecular flexibility index (Phi) is 4.37. The fraction of sp³-hybridized carbons (Fsp3) is 0.438. The van der Waals surface area contributed by atoms with E-state index in [9.17, 15) is 0 Å². The molecule has 1 aromatic carbocycles. The van der Waals surface area contributed by atoms with Crippen molar-refractivity contribution in [1.29, 1.82) is 0 Å². The van der Waals surface area contributed by atoms with Gasteiger partial charge in [0.15, 0.2) is 11.8 Å². The lowest BCUT2D eigenvalue weighted by molar-refractivity contribution is 0.270. The molecule has 1 fully saturated rings. The first kappa shape index (κ1) is 14.6. The van der Waals surface area contributed by atoms with Crippen LogP contribution < -0.4 is 5.73 Å². The second-order valence-corrected chi connectivity index (χ2v) is 5.90. The molecule has 1 aromatic heterocycles. The Morgan fingerprint density at radius 2 is 2.41 bits per heavy atom. The van der Waals surface area contributed by atoms with Crippen LogP contribution in [0.4, 0.5) is 0 Å². The first-order valence-electron chi connectivity index (χ1n) is 7.72. The molecule has 0 radical (unpaired) electrons. The number of rotatable bonds is 3. The molecule has 22 heavy (non-hydrogen) atoms. The average molecular weight is 298 g/mol. The number of likely N-dealkylation sites (tertiary alicyclic amines) is 1. The van der Waals surface area contributed by atoms with Crippen molar-refractivity contribution in [3.05, 3.63) is 36.2 Å². The molecule has 0 amide bonds. The molecule has 116 valence electrons. The van der Waals surface area contributed by atoms with Gasteiger partial charge in [-0.1, -0.05) is 25.1 Å². The molecule has 6 nitrogen and oxygen atoms in total. The van der Waals surface area contributed by atoms with Crippen molar-refractivity contribution in [2.45, 2.75) is 26.3 Å². The number of guanidine groups is 1. The van der Waals surface area contributed by atoms with Crippen LogP contribution in [0, 0.1) is 5.92 Å². The highest BCUT2D eigenvalue weighted by molar-refractivity contribution is 5.78. The van der Waals surface area contributed by atoms with Gasteiger partial charge in [0.05, 0.1) is 6.54 Å². The number of hydrogen-bond acceptors (Lipinski definition) is 3. The zero-order valence-electron chi connectivity index (χ0n) is 12.9. The maximum Gasteiger partial charge on any atom is 0.191 e. The van der Waals surface area contributed by atoms with Crippen LogP contribution in [0.2, 0.25) is 0 Å². The van der Waals surface area contributed by atoms with Gasteiger partial charge in [0.2, 0.25) is 0 Å². The van der Waals surface area contributed by atoms with Crippen LogP contribution in [0.3, 0.4) is 0 Å². The molecule has 1 aliphatic heterocycles. The first-order valence-corrected chi connectivity index (χ1v) is 7.72. The van der Waals surface area contributed by atoms with E-state index in [0.29, 0.717) is 18.4 Å². The molecule has 2 aromatic rings. The van der Waals surface area contributed by atoms with Gasteiger partial charge in [-0.05, 0) is 30.4 Å². The Bertz CT molecular complexity index is 634. The summed E-state index contributed by atoms with van der Waals surface area (Å²) < 4.78 is 0. The van der Waals surface area contributed by atoms with E-state index in [0.717, 1.165) is 30.0 Å². The first-order chi connectivity index (χ1) is 10.7. The number of nitrogens with two attached hydrogens (primary N) is 1. The summed E-state index contributed by atoms with van der Waals surface area (Å²) in [5.41, 5.74) is 8.26. The fourth-order valence-corrected chi connectivity index (χ4v) is 2.83. The Labute approximate surface area is 130 Å². The Balaban J connectivity index is 1.68. The van der Waals surface area contributed by atoms with E-state index < -0.39 is 0 Å². The van der Waals surface area contributed by atoms with Gasteiger partial charge in [0.25, 0.3) is 0 Å². The van der Waals surface area contributed by atoms with Gasteiger partial charge < -0.3 is 10.6 Å². The van der Waals surface area contributed by atoms with Crippen molar-refractivity contribution >= 4 is 5.96 Å². The number of H-pyrrole nitrogens is 1.